The van der Waals surface area contributed by atoms with Crippen molar-refractivity contribution >= 4 is 15.9 Å². The number of halogens is 1. The van der Waals surface area contributed by atoms with Crippen molar-refractivity contribution in [2.75, 3.05) is 6.61 Å². The van der Waals surface area contributed by atoms with Gasteiger partial charge in [-0.3, -0.25) is 0 Å². The van der Waals surface area contributed by atoms with Crippen LogP contribution in [0.25, 0.3) is 0 Å². The Kier molecular flexibility index (Phi) is 3.41. The molecule has 0 aliphatic heterocycles. The average Bonchev–Trinajstić information content (AvgIpc) is 2.08. The molecular weight excluding hydrogens is 220 g/mol. The third-order valence-electron chi connectivity index (χ3n) is 1.49. The van der Waals surface area contributed by atoms with E-state index in [-0.39, 0.29) is 5.75 Å². The molecule has 12 heavy (non-hydrogen) atoms. The van der Waals surface area contributed by atoms with Crippen molar-refractivity contribution in [3.63, 3.8) is 0 Å². The van der Waals surface area contributed by atoms with Crippen LogP contribution in [0.5, 0.6) is 11.5 Å². The van der Waals surface area contributed by atoms with Crippen molar-refractivity contribution in [3.8, 4) is 11.5 Å². The molecule has 66 valence electrons. The van der Waals surface area contributed by atoms with Crippen molar-refractivity contribution in [1.29, 1.82) is 0 Å². The van der Waals surface area contributed by atoms with E-state index in [0.717, 1.165) is 11.3 Å². The molecule has 0 saturated carbocycles. The predicted octanol–water partition coefficient (Wildman–Crippen LogP) is 2.69. The highest BCUT2D eigenvalue weighted by Gasteiger charge is 2.02. The highest BCUT2D eigenvalue weighted by Crippen LogP contribution is 2.25. The fraction of sp³-hybridized carbons (Fsp3) is 0.333. The molecule has 0 aliphatic rings. The molecule has 1 aromatic carbocycles. The Morgan fingerprint density at radius 1 is 1.50 bits per heavy atom. The highest BCUT2D eigenvalue weighted by atomic mass is 79.9. The van der Waals surface area contributed by atoms with E-state index < -0.39 is 0 Å². The first-order valence-corrected chi connectivity index (χ1v) is 4.90. The van der Waals surface area contributed by atoms with Crippen LogP contribution in [0.2, 0.25) is 0 Å². The van der Waals surface area contributed by atoms with E-state index in [9.17, 15) is 0 Å². The Morgan fingerprint density at radius 3 is 2.83 bits per heavy atom. The van der Waals surface area contributed by atoms with Gasteiger partial charge in [-0.05, 0) is 25.1 Å². The summed E-state index contributed by atoms with van der Waals surface area (Å²) in [6, 6.07) is 5.09. The second kappa shape index (κ2) is 4.36. The molecule has 0 heterocycles. The Hall–Kier alpha value is -0.700. The number of aromatic hydroxyl groups is 1. The first-order valence-electron chi connectivity index (χ1n) is 3.78. The van der Waals surface area contributed by atoms with Gasteiger partial charge in [0.15, 0.2) is 0 Å². The van der Waals surface area contributed by atoms with Gasteiger partial charge in [0.2, 0.25) is 0 Å². The van der Waals surface area contributed by atoms with Gasteiger partial charge < -0.3 is 9.84 Å². The van der Waals surface area contributed by atoms with Crippen LogP contribution in [-0.4, -0.2) is 11.7 Å². The molecule has 2 nitrogen and oxygen atoms in total. The standard InChI is InChI=1S/C9H11BrO2/c1-2-12-9-4-3-8(11)5-7(9)6-10/h3-5,11H,2,6H2,1H3. The quantitative estimate of drug-likeness (QED) is 0.810. The van der Waals surface area contributed by atoms with Crippen molar-refractivity contribution in [1.82, 2.24) is 0 Å². The minimum atomic E-state index is 0.271. The molecule has 0 spiro atoms. The SMILES string of the molecule is CCOc1ccc(O)cc1CBr. The van der Waals surface area contributed by atoms with Gasteiger partial charge in [-0.1, -0.05) is 15.9 Å². The summed E-state index contributed by atoms with van der Waals surface area (Å²) >= 11 is 3.32. The first-order chi connectivity index (χ1) is 5.77. The maximum Gasteiger partial charge on any atom is 0.123 e. The van der Waals surface area contributed by atoms with Crippen molar-refractivity contribution in [2.45, 2.75) is 12.3 Å². The van der Waals surface area contributed by atoms with E-state index in [1.165, 1.54) is 0 Å². The summed E-state index contributed by atoms with van der Waals surface area (Å²) in [6.45, 7) is 2.58. The Labute approximate surface area is 80.3 Å². The smallest absolute Gasteiger partial charge is 0.123 e. The van der Waals surface area contributed by atoms with Crippen molar-refractivity contribution < 1.29 is 9.84 Å². The summed E-state index contributed by atoms with van der Waals surface area (Å²) in [7, 11) is 0. The number of hydrogen-bond acceptors (Lipinski definition) is 2. The van der Waals surface area contributed by atoms with Crippen LogP contribution in [0, 0.1) is 0 Å². The Bertz CT molecular complexity index is 261. The van der Waals surface area contributed by atoms with Crippen molar-refractivity contribution in [3.05, 3.63) is 23.8 Å². The normalized spacial score (nSPS) is 9.83. The molecule has 3 heteroatoms. The van der Waals surface area contributed by atoms with E-state index in [1.807, 2.05) is 6.92 Å². The number of rotatable bonds is 3. The molecule has 0 aromatic heterocycles. The topological polar surface area (TPSA) is 29.5 Å². The van der Waals surface area contributed by atoms with Crippen LogP contribution >= 0.6 is 15.9 Å². The van der Waals surface area contributed by atoms with Gasteiger partial charge in [0.1, 0.15) is 11.5 Å². The highest BCUT2D eigenvalue weighted by molar-refractivity contribution is 9.08. The Balaban J connectivity index is 2.94. The van der Waals surface area contributed by atoms with Crippen LogP contribution in [0.3, 0.4) is 0 Å². The summed E-state index contributed by atoms with van der Waals surface area (Å²) in [5, 5.41) is 9.85. The summed E-state index contributed by atoms with van der Waals surface area (Å²) in [5.41, 5.74) is 0.969. The number of phenols is 1. The van der Waals surface area contributed by atoms with Crippen molar-refractivity contribution in [2.24, 2.45) is 0 Å². The average molecular weight is 231 g/mol. The maximum absolute atomic E-state index is 9.16. The maximum atomic E-state index is 9.16. The molecule has 0 amide bonds. The number of alkyl halides is 1. The van der Waals surface area contributed by atoms with Crippen LogP contribution in [0.4, 0.5) is 0 Å². The van der Waals surface area contributed by atoms with Gasteiger partial charge >= 0.3 is 0 Å². The zero-order valence-corrected chi connectivity index (χ0v) is 8.47. The lowest BCUT2D eigenvalue weighted by Gasteiger charge is -2.07. The van der Waals surface area contributed by atoms with Crippen LogP contribution in [0.1, 0.15) is 12.5 Å². The molecule has 1 N–H and O–H groups in total. The number of hydrogen-bond donors (Lipinski definition) is 1. The fourth-order valence-electron chi connectivity index (χ4n) is 0.967. The summed E-state index contributed by atoms with van der Waals surface area (Å²) < 4.78 is 5.34. The molecule has 0 radical (unpaired) electrons. The number of phenolic OH excluding ortho intramolecular Hbond substituents is 1. The summed E-state index contributed by atoms with van der Waals surface area (Å²) in [4.78, 5) is 0. The van der Waals surface area contributed by atoms with E-state index in [2.05, 4.69) is 15.9 Å². The molecule has 1 aromatic rings. The minimum absolute atomic E-state index is 0.271. The number of benzene rings is 1. The summed E-state index contributed by atoms with van der Waals surface area (Å²) in [6.07, 6.45) is 0. The largest absolute Gasteiger partial charge is 0.508 e. The van der Waals surface area contributed by atoms with Gasteiger partial charge in [-0.25, -0.2) is 0 Å². The van der Waals surface area contributed by atoms with E-state index in [0.29, 0.717) is 11.9 Å². The molecule has 0 saturated heterocycles. The molecule has 0 unspecified atom stereocenters. The second-order valence-corrected chi connectivity index (χ2v) is 2.92. The monoisotopic (exact) mass is 230 g/mol. The molecule has 0 bridgehead atoms. The van der Waals surface area contributed by atoms with Gasteiger partial charge in [0.05, 0.1) is 6.61 Å². The first kappa shape index (κ1) is 9.39. The van der Waals surface area contributed by atoms with Crippen LogP contribution < -0.4 is 4.74 Å². The lowest BCUT2D eigenvalue weighted by atomic mass is 10.2. The number of ether oxygens (including phenoxy) is 1. The van der Waals surface area contributed by atoms with Crippen LogP contribution in [0.15, 0.2) is 18.2 Å². The Morgan fingerprint density at radius 2 is 2.25 bits per heavy atom. The third kappa shape index (κ3) is 2.14. The zero-order chi connectivity index (χ0) is 8.97. The van der Waals surface area contributed by atoms with E-state index in [1.54, 1.807) is 18.2 Å². The molecular formula is C9H11BrO2. The van der Waals surface area contributed by atoms with Gasteiger partial charge in [0, 0.05) is 10.9 Å². The van der Waals surface area contributed by atoms with Gasteiger partial charge in [-0.15, -0.1) is 0 Å². The predicted molar refractivity (Wildman–Crippen MR) is 51.9 cm³/mol. The molecule has 0 aliphatic carbocycles. The van der Waals surface area contributed by atoms with E-state index in [4.69, 9.17) is 9.84 Å². The lowest BCUT2D eigenvalue weighted by Crippen LogP contribution is -1.94. The van der Waals surface area contributed by atoms with Gasteiger partial charge in [-0.2, -0.15) is 0 Å². The molecule has 0 fully saturated rings. The minimum Gasteiger partial charge on any atom is -0.508 e. The second-order valence-electron chi connectivity index (χ2n) is 2.36. The fourth-order valence-corrected chi connectivity index (χ4v) is 1.40. The zero-order valence-electron chi connectivity index (χ0n) is 6.88. The molecule has 0 atom stereocenters. The van der Waals surface area contributed by atoms with Crippen LogP contribution in [-0.2, 0) is 5.33 Å². The van der Waals surface area contributed by atoms with Gasteiger partial charge in [0.25, 0.3) is 0 Å². The third-order valence-corrected chi connectivity index (χ3v) is 2.09. The lowest BCUT2D eigenvalue weighted by molar-refractivity contribution is 0.337. The summed E-state index contributed by atoms with van der Waals surface area (Å²) in [5.74, 6) is 1.10. The molecule has 1 rings (SSSR count). The van der Waals surface area contributed by atoms with E-state index >= 15 is 0 Å².